The predicted molar refractivity (Wildman–Crippen MR) is 64.2 cm³/mol. The van der Waals surface area contributed by atoms with Crippen LogP contribution in [0.2, 0.25) is 0 Å². The van der Waals surface area contributed by atoms with Crippen molar-refractivity contribution in [3.63, 3.8) is 0 Å². The highest BCUT2D eigenvalue weighted by atomic mass is 16.2. The Balaban J connectivity index is 2.42. The Morgan fingerprint density at radius 1 is 1.44 bits per heavy atom. The molecule has 4 heteroatoms. The second-order valence-corrected chi connectivity index (χ2v) is 5.16. The summed E-state index contributed by atoms with van der Waals surface area (Å²) in [4.78, 5) is 11.6. The molecule has 16 heavy (non-hydrogen) atoms. The normalized spacial score (nSPS) is 11.6. The summed E-state index contributed by atoms with van der Waals surface area (Å²) in [5.41, 5.74) is 1.82. The molecule has 0 unspecified atom stereocenters. The van der Waals surface area contributed by atoms with Crippen molar-refractivity contribution in [2.75, 3.05) is 6.54 Å². The van der Waals surface area contributed by atoms with Gasteiger partial charge < -0.3 is 5.32 Å². The molecule has 0 aliphatic heterocycles. The van der Waals surface area contributed by atoms with Crippen LogP contribution in [0.4, 0.5) is 0 Å². The number of nitrogens with one attached hydrogen (secondary N) is 1. The Hall–Kier alpha value is -1.32. The Bertz CT molecular complexity index is 374. The SMILES string of the molecule is Cc1cc(C)n(CCNC(=O)C(C)(C)C)n1. The molecule has 0 aliphatic rings. The van der Waals surface area contributed by atoms with Crippen molar-refractivity contribution in [1.29, 1.82) is 0 Å². The molecule has 0 radical (unpaired) electrons. The van der Waals surface area contributed by atoms with E-state index < -0.39 is 0 Å². The molecule has 0 bridgehead atoms. The lowest BCUT2D eigenvalue weighted by Crippen LogP contribution is -2.36. The molecule has 1 rings (SSSR count). The summed E-state index contributed by atoms with van der Waals surface area (Å²) in [6.07, 6.45) is 0. The van der Waals surface area contributed by atoms with Gasteiger partial charge in [-0.15, -0.1) is 0 Å². The van der Waals surface area contributed by atoms with E-state index >= 15 is 0 Å². The summed E-state index contributed by atoms with van der Waals surface area (Å²) >= 11 is 0. The largest absolute Gasteiger partial charge is 0.354 e. The average molecular weight is 223 g/mol. The quantitative estimate of drug-likeness (QED) is 0.847. The Kier molecular flexibility index (Phi) is 3.73. The van der Waals surface area contributed by atoms with Gasteiger partial charge in [-0.3, -0.25) is 9.48 Å². The van der Waals surface area contributed by atoms with E-state index in [1.54, 1.807) is 0 Å². The number of carbonyl (C=O) groups is 1. The molecular formula is C12H21N3O. The molecule has 4 nitrogen and oxygen atoms in total. The zero-order valence-electron chi connectivity index (χ0n) is 10.8. The van der Waals surface area contributed by atoms with Crippen LogP contribution >= 0.6 is 0 Å². The molecule has 1 amide bonds. The molecule has 1 N–H and O–H groups in total. The molecule has 1 aromatic rings. The maximum atomic E-state index is 11.6. The highest BCUT2D eigenvalue weighted by Gasteiger charge is 2.20. The van der Waals surface area contributed by atoms with E-state index in [2.05, 4.69) is 10.4 Å². The fourth-order valence-electron chi connectivity index (χ4n) is 1.44. The first-order chi connectivity index (χ1) is 7.30. The van der Waals surface area contributed by atoms with Crippen molar-refractivity contribution in [3.8, 4) is 0 Å². The maximum absolute atomic E-state index is 11.6. The van der Waals surface area contributed by atoms with Crippen molar-refractivity contribution in [1.82, 2.24) is 15.1 Å². The number of aryl methyl sites for hydroxylation is 2. The number of nitrogens with zero attached hydrogens (tertiary/aromatic N) is 2. The summed E-state index contributed by atoms with van der Waals surface area (Å²) in [5.74, 6) is 0.0778. The van der Waals surface area contributed by atoms with Gasteiger partial charge in [0.25, 0.3) is 0 Å². The lowest BCUT2D eigenvalue weighted by molar-refractivity contribution is -0.128. The van der Waals surface area contributed by atoms with Crippen LogP contribution in [0.25, 0.3) is 0 Å². The molecule has 0 fully saturated rings. The zero-order chi connectivity index (χ0) is 12.3. The van der Waals surface area contributed by atoms with Gasteiger partial charge in [-0.25, -0.2) is 0 Å². The second kappa shape index (κ2) is 4.68. The smallest absolute Gasteiger partial charge is 0.225 e. The van der Waals surface area contributed by atoms with E-state index in [-0.39, 0.29) is 11.3 Å². The van der Waals surface area contributed by atoms with Crippen molar-refractivity contribution in [3.05, 3.63) is 17.5 Å². The molecule has 0 saturated carbocycles. The first-order valence-corrected chi connectivity index (χ1v) is 5.60. The Labute approximate surface area is 97.0 Å². The summed E-state index contributed by atoms with van der Waals surface area (Å²) in [7, 11) is 0. The van der Waals surface area contributed by atoms with Gasteiger partial charge in [0.15, 0.2) is 0 Å². The standard InChI is InChI=1S/C12H21N3O/c1-9-8-10(2)15(14-9)7-6-13-11(16)12(3,4)5/h8H,6-7H2,1-5H3,(H,13,16). The van der Waals surface area contributed by atoms with Crippen LogP contribution < -0.4 is 5.32 Å². The third kappa shape index (κ3) is 3.36. The highest BCUT2D eigenvalue weighted by Crippen LogP contribution is 2.12. The topological polar surface area (TPSA) is 46.9 Å². The van der Waals surface area contributed by atoms with Crippen molar-refractivity contribution in [2.24, 2.45) is 5.41 Å². The summed E-state index contributed by atoms with van der Waals surface area (Å²) in [6.45, 7) is 11.1. The number of aromatic nitrogens is 2. The van der Waals surface area contributed by atoms with Gasteiger partial charge in [0.2, 0.25) is 5.91 Å². The van der Waals surface area contributed by atoms with Crippen LogP contribution in [0.15, 0.2) is 6.07 Å². The maximum Gasteiger partial charge on any atom is 0.225 e. The van der Waals surface area contributed by atoms with E-state index in [4.69, 9.17) is 0 Å². The van der Waals surface area contributed by atoms with Gasteiger partial charge in [-0.1, -0.05) is 20.8 Å². The zero-order valence-corrected chi connectivity index (χ0v) is 10.8. The fourth-order valence-corrected chi connectivity index (χ4v) is 1.44. The van der Waals surface area contributed by atoms with E-state index in [1.807, 2.05) is 45.4 Å². The first kappa shape index (κ1) is 12.7. The van der Waals surface area contributed by atoms with E-state index in [1.165, 1.54) is 0 Å². The number of rotatable bonds is 3. The Morgan fingerprint density at radius 2 is 2.06 bits per heavy atom. The summed E-state index contributed by atoms with van der Waals surface area (Å²) < 4.78 is 1.91. The van der Waals surface area contributed by atoms with Crippen LogP contribution in [-0.4, -0.2) is 22.2 Å². The minimum atomic E-state index is -0.324. The van der Waals surface area contributed by atoms with Crippen LogP contribution in [0.5, 0.6) is 0 Å². The highest BCUT2D eigenvalue weighted by molar-refractivity contribution is 5.81. The van der Waals surface area contributed by atoms with Gasteiger partial charge in [0, 0.05) is 17.7 Å². The van der Waals surface area contributed by atoms with E-state index in [0.29, 0.717) is 6.54 Å². The third-order valence-electron chi connectivity index (χ3n) is 2.39. The Morgan fingerprint density at radius 3 is 2.50 bits per heavy atom. The molecule has 0 spiro atoms. The number of amides is 1. The number of hydrogen-bond donors (Lipinski definition) is 1. The molecule has 0 aliphatic carbocycles. The molecule has 1 aromatic heterocycles. The van der Waals surface area contributed by atoms with Crippen molar-refractivity contribution in [2.45, 2.75) is 41.2 Å². The van der Waals surface area contributed by atoms with Crippen LogP contribution in [0, 0.1) is 19.3 Å². The van der Waals surface area contributed by atoms with Crippen LogP contribution in [0.1, 0.15) is 32.2 Å². The minimum absolute atomic E-state index is 0.0778. The molecule has 90 valence electrons. The lowest BCUT2D eigenvalue weighted by Gasteiger charge is -2.17. The average Bonchev–Trinajstić information content (AvgIpc) is 2.43. The van der Waals surface area contributed by atoms with Gasteiger partial charge in [-0.05, 0) is 19.9 Å². The predicted octanol–water partition coefficient (Wildman–Crippen LogP) is 1.66. The second-order valence-electron chi connectivity index (χ2n) is 5.16. The first-order valence-electron chi connectivity index (χ1n) is 5.60. The molecular weight excluding hydrogens is 202 g/mol. The molecule has 0 aromatic carbocycles. The number of hydrogen-bond acceptors (Lipinski definition) is 2. The fraction of sp³-hybridized carbons (Fsp3) is 0.667. The monoisotopic (exact) mass is 223 g/mol. The van der Waals surface area contributed by atoms with Gasteiger partial charge in [-0.2, -0.15) is 5.10 Å². The van der Waals surface area contributed by atoms with Gasteiger partial charge >= 0.3 is 0 Å². The summed E-state index contributed by atoms with van der Waals surface area (Å²) in [6, 6.07) is 2.03. The lowest BCUT2D eigenvalue weighted by atomic mass is 9.96. The van der Waals surface area contributed by atoms with E-state index in [9.17, 15) is 4.79 Å². The molecule has 0 atom stereocenters. The number of carbonyl (C=O) groups excluding carboxylic acids is 1. The van der Waals surface area contributed by atoms with Crippen LogP contribution in [-0.2, 0) is 11.3 Å². The molecule has 0 saturated heterocycles. The van der Waals surface area contributed by atoms with Crippen LogP contribution in [0.3, 0.4) is 0 Å². The van der Waals surface area contributed by atoms with E-state index in [0.717, 1.165) is 17.9 Å². The van der Waals surface area contributed by atoms with Crippen molar-refractivity contribution < 1.29 is 4.79 Å². The molecule has 1 heterocycles. The minimum Gasteiger partial charge on any atom is -0.354 e. The third-order valence-corrected chi connectivity index (χ3v) is 2.39. The van der Waals surface area contributed by atoms with Gasteiger partial charge in [0.1, 0.15) is 0 Å². The van der Waals surface area contributed by atoms with Gasteiger partial charge in [0.05, 0.1) is 12.2 Å². The summed E-state index contributed by atoms with van der Waals surface area (Å²) in [5, 5.41) is 7.24. The van der Waals surface area contributed by atoms with Crippen molar-refractivity contribution >= 4 is 5.91 Å².